The molecule has 0 aliphatic heterocycles. The highest BCUT2D eigenvalue weighted by atomic mass is 16.5. The van der Waals surface area contributed by atoms with Crippen molar-refractivity contribution in [3.05, 3.63) is 18.4 Å². The molecule has 1 heterocycles. The molecule has 0 saturated carbocycles. The van der Waals surface area contributed by atoms with Gasteiger partial charge in [-0.25, -0.2) is 4.98 Å². The molecule has 1 aromatic rings. The highest BCUT2D eigenvalue weighted by Gasteiger charge is 1.97. The summed E-state index contributed by atoms with van der Waals surface area (Å²) in [6.07, 6.45) is 3.30. The molecular formula is C7H11NO2. The first-order chi connectivity index (χ1) is 4.79. The molecule has 0 saturated heterocycles. The Balaban J connectivity index is 2.28. The summed E-state index contributed by atoms with van der Waals surface area (Å²) >= 11 is 0. The normalized spacial score (nSPS) is 10.7. The Kier molecular flexibility index (Phi) is 2.45. The molecule has 0 unspecified atom stereocenters. The van der Waals surface area contributed by atoms with Gasteiger partial charge in [-0.05, 0) is 13.8 Å². The fourth-order valence-electron chi connectivity index (χ4n) is 0.562. The highest BCUT2D eigenvalue weighted by molar-refractivity contribution is 4.84. The lowest BCUT2D eigenvalue weighted by molar-refractivity contribution is 0.0545. The third-order valence-electron chi connectivity index (χ3n) is 1.04. The predicted octanol–water partition coefficient (Wildman–Crippen LogP) is 1.60. The molecule has 0 fully saturated rings. The van der Waals surface area contributed by atoms with Crippen molar-refractivity contribution in [3.8, 4) is 0 Å². The van der Waals surface area contributed by atoms with E-state index < -0.39 is 0 Å². The SMILES string of the molecule is CC(C)OCc1cnco1. The average molecular weight is 141 g/mol. The quantitative estimate of drug-likeness (QED) is 0.641. The van der Waals surface area contributed by atoms with Gasteiger partial charge in [0, 0.05) is 0 Å². The minimum atomic E-state index is 0.241. The van der Waals surface area contributed by atoms with Crippen molar-refractivity contribution in [2.24, 2.45) is 0 Å². The van der Waals surface area contributed by atoms with Crippen LogP contribution in [-0.2, 0) is 11.3 Å². The molecular weight excluding hydrogens is 130 g/mol. The number of rotatable bonds is 3. The van der Waals surface area contributed by atoms with E-state index in [-0.39, 0.29) is 6.10 Å². The molecule has 0 aromatic carbocycles. The molecule has 3 nitrogen and oxygen atoms in total. The first-order valence-corrected chi connectivity index (χ1v) is 3.28. The van der Waals surface area contributed by atoms with Gasteiger partial charge in [-0.3, -0.25) is 0 Å². The van der Waals surface area contributed by atoms with Crippen LogP contribution < -0.4 is 0 Å². The van der Waals surface area contributed by atoms with Gasteiger partial charge in [0.05, 0.1) is 12.3 Å². The average Bonchev–Trinajstić information content (AvgIpc) is 2.34. The minimum absolute atomic E-state index is 0.241. The smallest absolute Gasteiger partial charge is 0.180 e. The van der Waals surface area contributed by atoms with Gasteiger partial charge in [0.25, 0.3) is 0 Å². The van der Waals surface area contributed by atoms with E-state index >= 15 is 0 Å². The van der Waals surface area contributed by atoms with Crippen LogP contribution in [0.5, 0.6) is 0 Å². The second-order valence-corrected chi connectivity index (χ2v) is 2.33. The van der Waals surface area contributed by atoms with Gasteiger partial charge in [0.1, 0.15) is 12.4 Å². The van der Waals surface area contributed by atoms with Crippen LogP contribution in [-0.4, -0.2) is 11.1 Å². The first kappa shape index (κ1) is 7.28. The number of nitrogens with zero attached hydrogens (tertiary/aromatic N) is 1. The van der Waals surface area contributed by atoms with Crippen molar-refractivity contribution in [3.63, 3.8) is 0 Å². The Bertz CT molecular complexity index is 170. The van der Waals surface area contributed by atoms with Crippen molar-refractivity contribution in [2.75, 3.05) is 0 Å². The van der Waals surface area contributed by atoms with Crippen molar-refractivity contribution < 1.29 is 9.15 Å². The summed E-state index contributed by atoms with van der Waals surface area (Å²) in [5, 5.41) is 0. The fraction of sp³-hybridized carbons (Fsp3) is 0.571. The van der Waals surface area contributed by atoms with E-state index in [0.29, 0.717) is 6.61 Å². The Morgan fingerprint density at radius 3 is 3.00 bits per heavy atom. The van der Waals surface area contributed by atoms with Gasteiger partial charge in [-0.15, -0.1) is 0 Å². The van der Waals surface area contributed by atoms with Crippen LogP contribution >= 0.6 is 0 Å². The van der Waals surface area contributed by atoms with Gasteiger partial charge in [-0.2, -0.15) is 0 Å². The maximum absolute atomic E-state index is 5.25. The standard InChI is InChI=1S/C7H11NO2/c1-6(2)9-4-7-3-8-5-10-7/h3,5-6H,4H2,1-2H3. The summed E-state index contributed by atoms with van der Waals surface area (Å²) in [5.74, 6) is 0.772. The Labute approximate surface area is 60.0 Å². The number of aromatic nitrogens is 1. The fourth-order valence-corrected chi connectivity index (χ4v) is 0.562. The second-order valence-electron chi connectivity index (χ2n) is 2.33. The Morgan fingerprint density at radius 2 is 2.50 bits per heavy atom. The van der Waals surface area contributed by atoms with Gasteiger partial charge in [-0.1, -0.05) is 0 Å². The molecule has 1 rings (SSSR count). The summed E-state index contributed by atoms with van der Waals surface area (Å²) in [6, 6.07) is 0. The summed E-state index contributed by atoms with van der Waals surface area (Å²) in [4.78, 5) is 3.75. The second kappa shape index (κ2) is 3.37. The number of ether oxygens (including phenoxy) is 1. The zero-order valence-electron chi connectivity index (χ0n) is 6.20. The minimum Gasteiger partial charge on any atom is -0.446 e. The highest BCUT2D eigenvalue weighted by Crippen LogP contribution is 2.00. The molecule has 0 radical (unpaired) electrons. The van der Waals surface area contributed by atoms with Gasteiger partial charge in [0.15, 0.2) is 6.39 Å². The first-order valence-electron chi connectivity index (χ1n) is 3.28. The topological polar surface area (TPSA) is 35.3 Å². The van der Waals surface area contributed by atoms with Gasteiger partial charge < -0.3 is 9.15 Å². The van der Waals surface area contributed by atoms with E-state index in [1.807, 2.05) is 13.8 Å². The van der Waals surface area contributed by atoms with Crippen molar-refractivity contribution >= 4 is 0 Å². The monoisotopic (exact) mass is 141 g/mol. The van der Waals surface area contributed by atoms with E-state index in [4.69, 9.17) is 9.15 Å². The summed E-state index contributed by atoms with van der Waals surface area (Å²) in [6.45, 7) is 4.48. The molecule has 0 atom stereocenters. The lowest BCUT2D eigenvalue weighted by Gasteiger charge is -2.03. The number of oxazole rings is 1. The lowest BCUT2D eigenvalue weighted by atomic mass is 10.5. The van der Waals surface area contributed by atoms with Crippen molar-refractivity contribution in [1.29, 1.82) is 0 Å². The molecule has 10 heavy (non-hydrogen) atoms. The third kappa shape index (κ3) is 2.19. The number of hydrogen-bond acceptors (Lipinski definition) is 3. The predicted molar refractivity (Wildman–Crippen MR) is 36.4 cm³/mol. The van der Waals surface area contributed by atoms with E-state index in [0.717, 1.165) is 5.76 Å². The molecule has 0 amide bonds. The molecule has 1 aromatic heterocycles. The zero-order valence-corrected chi connectivity index (χ0v) is 6.20. The third-order valence-corrected chi connectivity index (χ3v) is 1.04. The van der Waals surface area contributed by atoms with Crippen LogP contribution in [0.3, 0.4) is 0 Å². The summed E-state index contributed by atoms with van der Waals surface area (Å²) in [7, 11) is 0. The molecule has 3 heteroatoms. The number of hydrogen-bond donors (Lipinski definition) is 0. The Morgan fingerprint density at radius 1 is 1.70 bits per heavy atom. The molecule has 0 bridgehead atoms. The van der Waals surface area contributed by atoms with E-state index in [1.165, 1.54) is 6.39 Å². The van der Waals surface area contributed by atoms with Crippen LogP contribution in [0.25, 0.3) is 0 Å². The Hall–Kier alpha value is -0.830. The van der Waals surface area contributed by atoms with E-state index in [2.05, 4.69) is 4.98 Å². The van der Waals surface area contributed by atoms with E-state index in [9.17, 15) is 0 Å². The van der Waals surface area contributed by atoms with Crippen molar-refractivity contribution in [1.82, 2.24) is 4.98 Å². The van der Waals surface area contributed by atoms with E-state index in [1.54, 1.807) is 6.20 Å². The van der Waals surface area contributed by atoms with Gasteiger partial charge >= 0.3 is 0 Å². The maximum Gasteiger partial charge on any atom is 0.180 e. The van der Waals surface area contributed by atoms with Gasteiger partial charge in [0.2, 0.25) is 0 Å². The van der Waals surface area contributed by atoms with Crippen LogP contribution in [0, 0.1) is 0 Å². The summed E-state index contributed by atoms with van der Waals surface area (Å²) < 4.78 is 10.2. The maximum atomic E-state index is 5.25. The van der Waals surface area contributed by atoms with Crippen LogP contribution in [0.4, 0.5) is 0 Å². The molecule has 56 valence electrons. The molecule has 0 aliphatic carbocycles. The zero-order chi connectivity index (χ0) is 7.40. The largest absolute Gasteiger partial charge is 0.446 e. The van der Waals surface area contributed by atoms with Crippen LogP contribution in [0.1, 0.15) is 19.6 Å². The van der Waals surface area contributed by atoms with Crippen LogP contribution in [0.2, 0.25) is 0 Å². The lowest BCUT2D eigenvalue weighted by Crippen LogP contribution is -2.01. The summed E-state index contributed by atoms with van der Waals surface area (Å²) in [5.41, 5.74) is 0. The molecule has 0 aliphatic rings. The van der Waals surface area contributed by atoms with Crippen molar-refractivity contribution in [2.45, 2.75) is 26.6 Å². The molecule has 0 spiro atoms. The molecule has 0 N–H and O–H groups in total. The van der Waals surface area contributed by atoms with Crippen LogP contribution in [0.15, 0.2) is 17.0 Å².